The lowest BCUT2D eigenvalue weighted by molar-refractivity contribution is -0.147. The van der Waals surface area contributed by atoms with Crippen molar-refractivity contribution < 1.29 is 23.9 Å². The van der Waals surface area contributed by atoms with Gasteiger partial charge in [0.05, 0.1) is 11.4 Å². The Hall–Kier alpha value is -3.68. The van der Waals surface area contributed by atoms with E-state index in [2.05, 4.69) is 10.6 Å². The molecule has 1 aliphatic rings. The first-order valence-electron chi connectivity index (χ1n) is 9.44. The van der Waals surface area contributed by atoms with Crippen molar-refractivity contribution in [3.63, 3.8) is 0 Å². The van der Waals surface area contributed by atoms with Crippen LogP contribution in [0.2, 0.25) is 0 Å². The Bertz CT molecular complexity index is 998. The first-order valence-corrected chi connectivity index (χ1v) is 9.44. The number of amides is 3. The van der Waals surface area contributed by atoms with Gasteiger partial charge in [-0.15, -0.1) is 0 Å². The van der Waals surface area contributed by atoms with Gasteiger partial charge in [-0.2, -0.15) is 0 Å². The third-order valence-corrected chi connectivity index (χ3v) is 4.82. The van der Waals surface area contributed by atoms with Gasteiger partial charge in [0, 0.05) is 5.56 Å². The summed E-state index contributed by atoms with van der Waals surface area (Å²) in [6, 6.07) is 13.8. The highest BCUT2D eigenvalue weighted by Gasteiger charge is 2.43. The molecule has 0 bridgehead atoms. The first kappa shape index (κ1) is 21.0. The molecule has 3 amide bonds. The van der Waals surface area contributed by atoms with Crippen molar-refractivity contribution in [1.82, 2.24) is 5.32 Å². The molecule has 156 valence electrons. The van der Waals surface area contributed by atoms with E-state index in [0.717, 1.165) is 5.56 Å². The SMILES string of the molecule is Cc1ccc(C(=O)NCC(=O)OCC(=O)N2c3ccccc3NC(=O)C2(C)C)cc1. The number of carbonyl (C=O) groups is 4. The molecule has 2 N–H and O–H groups in total. The van der Waals surface area contributed by atoms with E-state index >= 15 is 0 Å². The molecule has 0 aliphatic carbocycles. The van der Waals surface area contributed by atoms with Gasteiger partial charge in [-0.3, -0.25) is 24.1 Å². The molecule has 0 saturated heterocycles. The zero-order valence-electron chi connectivity index (χ0n) is 17.0. The molecule has 0 fully saturated rings. The number of carbonyl (C=O) groups excluding carboxylic acids is 4. The fraction of sp³-hybridized carbons (Fsp3) is 0.273. The summed E-state index contributed by atoms with van der Waals surface area (Å²) < 4.78 is 5.03. The van der Waals surface area contributed by atoms with Gasteiger partial charge in [0.1, 0.15) is 12.1 Å². The second-order valence-corrected chi connectivity index (χ2v) is 7.47. The van der Waals surface area contributed by atoms with Gasteiger partial charge < -0.3 is 15.4 Å². The summed E-state index contributed by atoms with van der Waals surface area (Å²) in [5.41, 5.74) is 1.31. The predicted molar refractivity (Wildman–Crippen MR) is 111 cm³/mol. The zero-order chi connectivity index (χ0) is 21.9. The zero-order valence-corrected chi connectivity index (χ0v) is 17.0. The van der Waals surface area contributed by atoms with E-state index in [9.17, 15) is 19.2 Å². The summed E-state index contributed by atoms with van der Waals surface area (Å²) in [4.78, 5) is 50.6. The minimum absolute atomic E-state index is 0.341. The number of aryl methyl sites for hydroxylation is 1. The number of ether oxygens (including phenoxy) is 1. The largest absolute Gasteiger partial charge is 0.454 e. The Balaban J connectivity index is 1.59. The molecule has 30 heavy (non-hydrogen) atoms. The molecule has 1 aliphatic heterocycles. The van der Waals surface area contributed by atoms with Gasteiger partial charge in [-0.05, 0) is 45.0 Å². The smallest absolute Gasteiger partial charge is 0.325 e. The van der Waals surface area contributed by atoms with Crippen molar-refractivity contribution in [2.75, 3.05) is 23.4 Å². The predicted octanol–water partition coefficient (Wildman–Crippen LogP) is 2.03. The summed E-state index contributed by atoms with van der Waals surface area (Å²) >= 11 is 0. The van der Waals surface area contributed by atoms with Gasteiger partial charge in [0.15, 0.2) is 6.61 Å². The molecule has 3 rings (SSSR count). The van der Waals surface area contributed by atoms with E-state index in [1.807, 2.05) is 6.92 Å². The number of nitrogens with one attached hydrogen (secondary N) is 2. The van der Waals surface area contributed by atoms with Crippen molar-refractivity contribution in [2.45, 2.75) is 26.3 Å². The number of benzene rings is 2. The van der Waals surface area contributed by atoms with Gasteiger partial charge in [0.2, 0.25) is 5.91 Å². The highest BCUT2D eigenvalue weighted by Crippen LogP contribution is 2.36. The molecule has 0 atom stereocenters. The molecule has 0 saturated carbocycles. The van der Waals surface area contributed by atoms with Crippen LogP contribution < -0.4 is 15.5 Å². The van der Waals surface area contributed by atoms with Crippen LogP contribution in [0, 0.1) is 6.92 Å². The van der Waals surface area contributed by atoms with Crippen molar-refractivity contribution in [3.8, 4) is 0 Å². The molecule has 8 heteroatoms. The van der Waals surface area contributed by atoms with Crippen molar-refractivity contribution in [2.24, 2.45) is 0 Å². The second kappa shape index (κ2) is 8.36. The number of nitrogens with zero attached hydrogens (tertiary/aromatic N) is 1. The second-order valence-electron chi connectivity index (χ2n) is 7.47. The van der Waals surface area contributed by atoms with E-state index in [1.54, 1.807) is 62.4 Å². The maximum Gasteiger partial charge on any atom is 0.325 e. The maximum atomic E-state index is 12.8. The summed E-state index contributed by atoms with van der Waals surface area (Å²) in [7, 11) is 0. The summed E-state index contributed by atoms with van der Waals surface area (Å²) in [5.74, 6) is -2.05. The van der Waals surface area contributed by atoms with Gasteiger partial charge in [0.25, 0.3) is 11.8 Å². The van der Waals surface area contributed by atoms with Crippen LogP contribution in [0.1, 0.15) is 29.8 Å². The third kappa shape index (κ3) is 4.32. The lowest BCUT2D eigenvalue weighted by atomic mass is 9.96. The van der Waals surface area contributed by atoms with Crippen LogP contribution in [0.25, 0.3) is 0 Å². The van der Waals surface area contributed by atoms with Crippen LogP contribution in [-0.4, -0.2) is 42.4 Å². The molecule has 2 aromatic carbocycles. The standard InChI is InChI=1S/C22H23N3O5/c1-14-8-10-15(11-9-14)20(28)23-12-19(27)30-13-18(26)25-17-7-5-4-6-16(17)24-21(29)22(25,2)3/h4-11H,12-13H2,1-3H3,(H,23,28)(H,24,29). The fourth-order valence-corrected chi connectivity index (χ4v) is 3.12. The van der Waals surface area contributed by atoms with Crippen LogP contribution in [0.15, 0.2) is 48.5 Å². The van der Waals surface area contributed by atoms with E-state index in [-0.39, 0.29) is 12.5 Å². The molecule has 0 unspecified atom stereocenters. The lowest BCUT2D eigenvalue weighted by Crippen LogP contribution is -2.59. The minimum atomic E-state index is -1.16. The molecule has 0 aromatic heterocycles. The number of anilines is 2. The Kier molecular flexibility index (Phi) is 5.86. The van der Waals surface area contributed by atoms with E-state index in [4.69, 9.17) is 4.74 Å². The van der Waals surface area contributed by atoms with Crippen LogP contribution in [-0.2, 0) is 19.1 Å². The summed E-state index contributed by atoms with van der Waals surface area (Å²) in [6.07, 6.45) is 0. The molecular weight excluding hydrogens is 386 g/mol. The lowest BCUT2D eigenvalue weighted by Gasteiger charge is -2.41. The Labute approximate surface area is 174 Å². The van der Waals surface area contributed by atoms with E-state index in [1.165, 1.54) is 4.90 Å². The van der Waals surface area contributed by atoms with Crippen LogP contribution >= 0.6 is 0 Å². The topological polar surface area (TPSA) is 105 Å². The number of rotatable bonds is 5. The third-order valence-electron chi connectivity index (χ3n) is 4.82. The number of fused-ring (bicyclic) bond motifs is 1. The van der Waals surface area contributed by atoms with Crippen molar-refractivity contribution in [3.05, 3.63) is 59.7 Å². The molecule has 0 radical (unpaired) electrons. The number of para-hydroxylation sites is 2. The Morgan fingerprint density at radius 2 is 1.73 bits per heavy atom. The van der Waals surface area contributed by atoms with Gasteiger partial charge in [-0.1, -0.05) is 29.8 Å². The van der Waals surface area contributed by atoms with Crippen LogP contribution in [0.5, 0.6) is 0 Å². The fourth-order valence-electron chi connectivity index (χ4n) is 3.12. The van der Waals surface area contributed by atoms with Crippen molar-refractivity contribution in [1.29, 1.82) is 0 Å². The number of hydrogen-bond donors (Lipinski definition) is 2. The molecule has 8 nitrogen and oxygen atoms in total. The normalized spacial score (nSPS) is 14.4. The monoisotopic (exact) mass is 409 g/mol. The Morgan fingerprint density at radius 3 is 2.43 bits per heavy atom. The summed E-state index contributed by atoms with van der Waals surface area (Å²) in [5, 5.41) is 5.22. The van der Waals surface area contributed by atoms with Gasteiger partial charge in [-0.25, -0.2) is 0 Å². The number of hydrogen-bond acceptors (Lipinski definition) is 5. The minimum Gasteiger partial charge on any atom is -0.454 e. The number of esters is 1. The van der Waals surface area contributed by atoms with Crippen molar-refractivity contribution >= 4 is 35.1 Å². The average Bonchev–Trinajstić information content (AvgIpc) is 2.71. The van der Waals surface area contributed by atoms with E-state index in [0.29, 0.717) is 16.9 Å². The Morgan fingerprint density at radius 1 is 1.07 bits per heavy atom. The molecule has 1 heterocycles. The van der Waals surface area contributed by atoms with Crippen LogP contribution in [0.4, 0.5) is 11.4 Å². The average molecular weight is 409 g/mol. The summed E-state index contributed by atoms with van der Waals surface area (Å²) in [6.45, 7) is 4.20. The molecule has 2 aromatic rings. The molecule has 0 spiro atoms. The van der Waals surface area contributed by atoms with Gasteiger partial charge >= 0.3 is 5.97 Å². The maximum absolute atomic E-state index is 12.8. The molecular formula is C22H23N3O5. The highest BCUT2D eigenvalue weighted by atomic mass is 16.5. The van der Waals surface area contributed by atoms with E-state index < -0.39 is 29.9 Å². The highest BCUT2D eigenvalue weighted by molar-refractivity contribution is 6.14. The quantitative estimate of drug-likeness (QED) is 0.736. The first-order chi connectivity index (χ1) is 14.2. The van der Waals surface area contributed by atoms with Crippen LogP contribution in [0.3, 0.4) is 0 Å².